The average Bonchev–Trinajstić information content (AvgIpc) is 2.85. The van der Waals surface area contributed by atoms with Gasteiger partial charge in [0.1, 0.15) is 5.75 Å². The van der Waals surface area contributed by atoms with E-state index in [1.54, 1.807) is 12.1 Å². The van der Waals surface area contributed by atoms with Gasteiger partial charge in [-0.2, -0.15) is 0 Å². The molecule has 0 aliphatic heterocycles. The number of halogens is 1. The molecule has 0 spiro atoms. The molecule has 0 unspecified atom stereocenters. The van der Waals surface area contributed by atoms with Crippen molar-refractivity contribution in [1.29, 1.82) is 0 Å². The van der Waals surface area contributed by atoms with Crippen LogP contribution < -0.4 is 11.1 Å². The van der Waals surface area contributed by atoms with Gasteiger partial charge in [-0.15, -0.1) is 0 Å². The summed E-state index contributed by atoms with van der Waals surface area (Å²) in [5.74, 6) is -0.737. The predicted octanol–water partition coefficient (Wildman–Crippen LogP) is 2.47. The van der Waals surface area contributed by atoms with E-state index < -0.39 is 21.5 Å². The molecule has 1 fully saturated rings. The molecule has 1 aliphatic rings. The number of carbonyl (C=O) groups excluding carboxylic acids is 1. The predicted molar refractivity (Wildman–Crippen MR) is 85.1 cm³/mol. The van der Waals surface area contributed by atoms with Crippen molar-refractivity contribution >= 4 is 38.7 Å². The summed E-state index contributed by atoms with van der Waals surface area (Å²) in [7, 11) is -3.37. The normalized spacial score (nSPS) is 16.0. The first kappa shape index (κ1) is 16.1. The van der Waals surface area contributed by atoms with Crippen molar-refractivity contribution in [2.45, 2.75) is 25.7 Å². The summed E-state index contributed by atoms with van der Waals surface area (Å²) >= 11 is 5.79. The Morgan fingerprint density at radius 1 is 1.33 bits per heavy atom. The van der Waals surface area contributed by atoms with E-state index in [1.165, 1.54) is 6.07 Å². The van der Waals surface area contributed by atoms with E-state index in [0.29, 0.717) is 16.4 Å². The molecule has 21 heavy (non-hydrogen) atoms. The van der Waals surface area contributed by atoms with Gasteiger partial charge in [0.05, 0.1) is 16.5 Å². The smallest absolute Gasteiger partial charge is 0.239 e. The van der Waals surface area contributed by atoms with E-state index in [1.807, 2.05) is 0 Å². The number of carbonyl (C=O) groups is 1. The molecule has 1 amide bonds. The minimum absolute atomic E-state index is 0.100. The summed E-state index contributed by atoms with van der Waals surface area (Å²) in [5, 5.41) is 2.92. The molecule has 5 nitrogen and oxygen atoms in total. The number of benzene rings is 1. The van der Waals surface area contributed by atoms with Crippen LogP contribution in [0.4, 0.5) is 11.4 Å². The molecule has 0 bridgehead atoms. The zero-order valence-electron chi connectivity index (χ0n) is 11.6. The molecule has 0 saturated heterocycles. The summed E-state index contributed by atoms with van der Waals surface area (Å²) < 4.78 is 24.0. The minimum Gasteiger partial charge on any atom is -0.397 e. The fourth-order valence-electron chi connectivity index (χ4n) is 2.61. The number of amides is 1. The highest BCUT2D eigenvalue weighted by Gasteiger charge is 2.24. The molecule has 1 aliphatic carbocycles. The molecular formula is C14H19ClN2O3S. The molecule has 1 saturated carbocycles. The fraction of sp³-hybridized carbons (Fsp3) is 0.500. The number of hydrogen-bond acceptors (Lipinski definition) is 4. The Kier molecular flexibility index (Phi) is 5.11. The third kappa shape index (κ3) is 4.89. The third-order valence-electron chi connectivity index (χ3n) is 3.60. The van der Waals surface area contributed by atoms with Gasteiger partial charge < -0.3 is 11.1 Å². The maximum atomic E-state index is 12.0. The monoisotopic (exact) mass is 330 g/mol. The second kappa shape index (κ2) is 6.66. The molecule has 3 N–H and O–H groups in total. The van der Waals surface area contributed by atoms with Crippen molar-refractivity contribution in [3.8, 4) is 0 Å². The van der Waals surface area contributed by atoms with E-state index in [-0.39, 0.29) is 11.7 Å². The highest BCUT2D eigenvalue weighted by Crippen LogP contribution is 2.26. The Hall–Kier alpha value is -1.27. The summed E-state index contributed by atoms with van der Waals surface area (Å²) in [6, 6.07) is 4.64. The van der Waals surface area contributed by atoms with Gasteiger partial charge in [0.15, 0.2) is 9.84 Å². The first-order valence-corrected chi connectivity index (χ1v) is 9.11. The average molecular weight is 331 g/mol. The molecule has 0 heterocycles. The summed E-state index contributed by atoms with van der Waals surface area (Å²) in [5.41, 5.74) is 6.41. The van der Waals surface area contributed by atoms with Crippen molar-refractivity contribution in [2.24, 2.45) is 5.92 Å². The van der Waals surface area contributed by atoms with Gasteiger partial charge in [-0.1, -0.05) is 24.4 Å². The van der Waals surface area contributed by atoms with Crippen LogP contribution in [0.15, 0.2) is 18.2 Å². The molecule has 116 valence electrons. The maximum absolute atomic E-state index is 12.0. The van der Waals surface area contributed by atoms with Crippen molar-refractivity contribution in [3.63, 3.8) is 0 Å². The summed E-state index contributed by atoms with van der Waals surface area (Å²) in [6.07, 6.45) is 4.04. The zero-order valence-corrected chi connectivity index (χ0v) is 13.2. The van der Waals surface area contributed by atoms with Gasteiger partial charge in [-0.3, -0.25) is 4.79 Å². The van der Waals surface area contributed by atoms with Crippen LogP contribution in [0.25, 0.3) is 0 Å². The molecule has 7 heteroatoms. The Bertz CT molecular complexity index is 625. The van der Waals surface area contributed by atoms with Crippen LogP contribution in [-0.2, 0) is 14.6 Å². The van der Waals surface area contributed by atoms with E-state index in [0.717, 1.165) is 25.7 Å². The van der Waals surface area contributed by atoms with Gasteiger partial charge in [0, 0.05) is 5.69 Å². The van der Waals surface area contributed by atoms with E-state index in [2.05, 4.69) is 5.32 Å². The van der Waals surface area contributed by atoms with Crippen LogP contribution in [0.1, 0.15) is 25.7 Å². The van der Waals surface area contributed by atoms with Crippen LogP contribution in [0.2, 0.25) is 5.02 Å². The van der Waals surface area contributed by atoms with Crippen molar-refractivity contribution < 1.29 is 13.2 Å². The van der Waals surface area contributed by atoms with E-state index in [9.17, 15) is 13.2 Å². The quantitative estimate of drug-likeness (QED) is 0.811. The van der Waals surface area contributed by atoms with Gasteiger partial charge in [-0.05, 0) is 37.0 Å². The molecule has 1 aromatic carbocycles. The number of hydrogen-bond donors (Lipinski definition) is 2. The molecule has 0 aromatic heterocycles. The topological polar surface area (TPSA) is 89.3 Å². The molecule has 2 rings (SSSR count). The standard InChI is InChI=1S/C14H19ClN2O3S/c15-12-6-5-11(7-13(12)16)17-14(18)9-21(19,20)8-10-3-1-2-4-10/h5-7,10H,1-4,8-9,16H2,(H,17,18). The SMILES string of the molecule is Nc1cc(NC(=O)CS(=O)(=O)CC2CCCC2)ccc1Cl. The number of nitrogens with two attached hydrogens (primary N) is 1. The van der Waals surface area contributed by atoms with Gasteiger partial charge in [-0.25, -0.2) is 8.42 Å². The second-order valence-corrected chi connectivity index (χ2v) is 8.01. The lowest BCUT2D eigenvalue weighted by Gasteiger charge is -2.10. The van der Waals surface area contributed by atoms with Crippen LogP contribution in [0.3, 0.4) is 0 Å². The Morgan fingerprint density at radius 2 is 2.00 bits per heavy atom. The summed E-state index contributed by atoms with van der Waals surface area (Å²) in [6.45, 7) is 0. The summed E-state index contributed by atoms with van der Waals surface area (Å²) in [4.78, 5) is 11.8. The number of anilines is 2. The number of sulfone groups is 1. The third-order valence-corrected chi connectivity index (χ3v) is 5.62. The Balaban J connectivity index is 1.92. The fourth-order valence-corrected chi connectivity index (χ4v) is 4.37. The molecule has 0 radical (unpaired) electrons. The van der Waals surface area contributed by atoms with E-state index >= 15 is 0 Å². The van der Waals surface area contributed by atoms with E-state index in [4.69, 9.17) is 17.3 Å². The Labute approximate surface area is 129 Å². The maximum Gasteiger partial charge on any atom is 0.239 e. The van der Waals surface area contributed by atoms with Crippen molar-refractivity contribution in [1.82, 2.24) is 0 Å². The lowest BCUT2D eigenvalue weighted by Crippen LogP contribution is -2.26. The van der Waals surface area contributed by atoms with Crippen LogP contribution in [-0.4, -0.2) is 25.8 Å². The molecule has 1 aromatic rings. The first-order chi connectivity index (χ1) is 9.85. The number of nitrogens with one attached hydrogen (secondary N) is 1. The largest absolute Gasteiger partial charge is 0.397 e. The van der Waals surface area contributed by atoms with Gasteiger partial charge in [0.25, 0.3) is 0 Å². The molecular weight excluding hydrogens is 312 g/mol. The second-order valence-electron chi connectivity index (χ2n) is 5.49. The lowest BCUT2D eigenvalue weighted by atomic mass is 10.1. The highest BCUT2D eigenvalue weighted by atomic mass is 35.5. The highest BCUT2D eigenvalue weighted by molar-refractivity contribution is 7.92. The number of nitrogen functional groups attached to an aromatic ring is 1. The van der Waals surface area contributed by atoms with Crippen molar-refractivity contribution in [2.75, 3.05) is 22.6 Å². The van der Waals surface area contributed by atoms with Gasteiger partial charge >= 0.3 is 0 Å². The number of rotatable bonds is 5. The zero-order chi connectivity index (χ0) is 15.5. The van der Waals surface area contributed by atoms with Crippen LogP contribution in [0.5, 0.6) is 0 Å². The van der Waals surface area contributed by atoms with Crippen LogP contribution in [0, 0.1) is 5.92 Å². The molecule has 0 atom stereocenters. The lowest BCUT2D eigenvalue weighted by molar-refractivity contribution is -0.113. The van der Waals surface area contributed by atoms with Crippen LogP contribution >= 0.6 is 11.6 Å². The first-order valence-electron chi connectivity index (χ1n) is 6.91. The Morgan fingerprint density at radius 3 is 2.62 bits per heavy atom. The van der Waals surface area contributed by atoms with Gasteiger partial charge in [0.2, 0.25) is 5.91 Å². The minimum atomic E-state index is -3.37. The van der Waals surface area contributed by atoms with Crippen molar-refractivity contribution in [3.05, 3.63) is 23.2 Å².